The minimum absolute atomic E-state index is 0.229. The maximum absolute atomic E-state index is 10.5. The second-order valence-corrected chi connectivity index (χ2v) is 4.08. The van der Waals surface area contributed by atoms with Crippen LogP contribution in [-0.4, -0.2) is 48.3 Å². The molecule has 0 aliphatic carbocycles. The van der Waals surface area contributed by atoms with Gasteiger partial charge in [0.2, 0.25) is 0 Å². The third-order valence-electron chi connectivity index (χ3n) is 2.67. The highest BCUT2D eigenvalue weighted by atomic mass is 16.5. The molecule has 0 aromatic rings. The predicted molar refractivity (Wildman–Crippen MR) is 58.0 cm³/mol. The molecule has 1 fully saturated rings. The average molecular weight is 215 g/mol. The lowest BCUT2D eigenvalue weighted by atomic mass is 10.2. The molecule has 0 radical (unpaired) electrons. The van der Waals surface area contributed by atoms with Gasteiger partial charge in [0.25, 0.3) is 0 Å². The third-order valence-corrected chi connectivity index (χ3v) is 2.67. The van der Waals surface area contributed by atoms with Crippen LogP contribution in [0.25, 0.3) is 0 Å². The van der Waals surface area contributed by atoms with Crippen LogP contribution >= 0.6 is 0 Å². The summed E-state index contributed by atoms with van der Waals surface area (Å²) in [5.74, 6) is -0.719. The lowest BCUT2D eigenvalue weighted by Crippen LogP contribution is -2.34. The van der Waals surface area contributed by atoms with Crippen LogP contribution in [-0.2, 0) is 9.53 Å². The number of carbonyl (C=O) groups is 1. The van der Waals surface area contributed by atoms with Crippen LogP contribution in [0.2, 0.25) is 0 Å². The standard InChI is InChI=1S/C11H21NO3/c1-2-6-12(7-5-11(13)14)9-10-4-3-8-15-10/h10H,2-9H2,1H3,(H,13,14). The van der Waals surface area contributed by atoms with Crippen molar-refractivity contribution >= 4 is 5.97 Å². The maximum Gasteiger partial charge on any atom is 0.304 e. The number of ether oxygens (including phenoxy) is 1. The quantitative estimate of drug-likeness (QED) is 0.696. The first-order valence-corrected chi connectivity index (χ1v) is 5.78. The summed E-state index contributed by atoms with van der Waals surface area (Å²) in [4.78, 5) is 12.7. The Kier molecular flexibility index (Phi) is 5.65. The highest BCUT2D eigenvalue weighted by Gasteiger charge is 2.18. The minimum Gasteiger partial charge on any atom is -0.481 e. The molecule has 4 heteroatoms. The molecule has 1 aliphatic rings. The van der Waals surface area contributed by atoms with Crippen LogP contribution in [0.15, 0.2) is 0 Å². The molecule has 1 aliphatic heterocycles. The molecule has 1 unspecified atom stereocenters. The first kappa shape index (κ1) is 12.5. The van der Waals surface area contributed by atoms with E-state index >= 15 is 0 Å². The lowest BCUT2D eigenvalue weighted by molar-refractivity contribution is -0.137. The Bertz CT molecular complexity index is 190. The van der Waals surface area contributed by atoms with Gasteiger partial charge < -0.3 is 14.7 Å². The Morgan fingerprint density at radius 3 is 2.87 bits per heavy atom. The molecule has 15 heavy (non-hydrogen) atoms. The van der Waals surface area contributed by atoms with Crippen molar-refractivity contribution in [3.05, 3.63) is 0 Å². The predicted octanol–water partition coefficient (Wildman–Crippen LogP) is 1.35. The van der Waals surface area contributed by atoms with Gasteiger partial charge in [-0.25, -0.2) is 0 Å². The van der Waals surface area contributed by atoms with Crippen LogP contribution in [0, 0.1) is 0 Å². The molecule has 0 aromatic heterocycles. The van der Waals surface area contributed by atoms with E-state index < -0.39 is 5.97 Å². The Labute approximate surface area is 91.2 Å². The van der Waals surface area contributed by atoms with Gasteiger partial charge in [-0.15, -0.1) is 0 Å². The monoisotopic (exact) mass is 215 g/mol. The zero-order valence-electron chi connectivity index (χ0n) is 9.45. The molecular formula is C11H21NO3. The first-order valence-electron chi connectivity index (χ1n) is 5.78. The van der Waals surface area contributed by atoms with Crippen LogP contribution in [0.3, 0.4) is 0 Å². The van der Waals surface area contributed by atoms with Gasteiger partial charge in [0.1, 0.15) is 0 Å². The third kappa shape index (κ3) is 5.14. The smallest absolute Gasteiger partial charge is 0.304 e. The van der Waals surface area contributed by atoms with E-state index in [-0.39, 0.29) is 6.42 Å². The van der Waals surface area contributed by atoms with Crippen molar-refractivity contribution in [2.45, 2.75) is 38.7 Å². The molecule has 1 atom stereocenters. The molecule has 0 bridgehead atoms. The van der Waals surface area contributed by atoms with Gasteiger partial charge >= 0.3 is 5.97 Å². The molecule has 0 amide bonds. The number of rotatable bonds is 7. The zero-order valence-corrected chi connectivity index (χ0v) is 9.45. The Hall–Kier alpha value is -0.610. The summed E-state index contributed by atoms with van der Waals surface area (Å²) < 4.78 is 5.55. The minimum atomic E-state index is -0.719. The largest absolute Gasteiger partial charge is 0.481 e. The normalized spacial score (nSPS) is 21.1. The fraction of sp³-hybridized carbons (Fsp3) is 0.909. The summed E-state index contributed by atoms with van der Waals surface area (Å²) >= 11 is 0. The molecule has 0 spiro atoms. The summed E-state index contributed by atoms with van der Waals surface area (Å²) in [7, 11) is 0. The van der Waals surface area contributed by atoms with E-state index in [1.807, 2.05) is 0 Å². The van der Waals surface area contributed by atoms with Gasteiger partial charge in [0.15, 0.2) is 0 Å². The van der Waals surface area contributed by atoms with Crippen molar-refractivity contribution in [1.29, 1.82) is 0 Å². The van der Waals surface area contributed by atoms with E-state index in [1.54, 1.807) is 0 Å². The van der Waals surface area contributed by atoms with Crippen LogP contribution < -0.4 is 0 Å². The van der Waals surface area contributed by atoms with Gasteiger partial charge in [-0.3, -0.25) is 4.79 Å². The molecule has 4 nitrogen and oxygen atoms in total. The van der Waals surface area contributed by atoms with Gasteiger partial charge in [-0.05, 0) is 25.8 Å². The van der Waals surface area contributed by atoms with E-state index in [9.17, 15) is 4.79 Å². The van der Waals surface area contributed by atoms with E-state index in [2.05, 4.69) is 11.8 Å². The summed E-state index contributed by atoms with van der Waals surface area (Å²) in [6.45, 7) is 5.48. The first-order chi connectivity index (χ1) is 7.22. The zero-order chi connectivity index (χ0) is 11.1. The van der Waals surface area contributed by atoms with E-state index in [4.69, 9.17) is 9.84 Å². The van der Waals surface area contributed by atoms with Gasteiger partial charge in [0, 0.05) is 19.7 Å². The maximum atomic E-state index is 10.5. The number of carboxylic acid groups (broad SMARTS) is 1. The number of aliphatic carboxylic acids is 1. The fourth-order valence-electron chi connectivity index (χ4n) is 1.94. The number of hydrogen-bond acceptors (Lipinski definition) is 3. The molecular weight excluding hydrogens is 194 g/mol. The second-order valence-electron chi connectivity index (χ2n) is 4.08. The number of hydrogen-bond donors (Lipinski definition) is 1. The SMILES string of the molecule is CCCN(CCC(=O)O)CC1CCCO1. The average Bonchev–Trinajstić information content (AvgIpc) is 2.67. The van der Waals surface area contributed by atoms with E-state index in [0.717, 1.165) is 39.0 Å². The number of carboxylic acids is 1. The molecule has 0 saturated carbocycles. The molecule has 1 saturated heterocycles. The summed E-state index contributed by atoms with van der Waals surface area (Å²) in [6.07, 6.45) is 3.88. The Morgan fingerprint density at radius 2 is 2.33 bits per heavy atom. The summed E-state index contributed by atoms with van der Waals surface area (Å²) in [6, 6.07) is 0. The Balaban J connectivity index is 2.25. The van der Waals surface area contributed by atoms with Crippen LogP contribution in [0.4, 0.5) is 0 Å². The topological polar surface area (TPSA) is 49.8 Å². The van der Waals surface area contributed by atoms with Crippen molar-refractivity contribution in [1.82, 2.24) is 4.90 Å². The molecule has 0 aromatic carbocycles. The Morgan fingerprint density at radius 1 is 1.53 bits per heavy atom. The summed E-state index contributed by atoms with van der Waals surface area (Å²) in [5.41, 5.74) is 0. The summed E-state index contributed by atoms with van der Waals surface area (Å²) in [5, 5.41) is 8.63. The van der Waals surface area contributed by atoms with E-state index in [0.29, 0.717) is 12.6 Å². The highest BCUT2D eigenvalue weighted by molar-refractivity contribution is 5.66. The van der Waals surface area contributed by atoms with Gasteiger partial charge in [-0.1, -0.05) is 6.92 Å². The van der Waals surface area contributed by atoms with E-state index in [1.165, 1.54) is 0 Å². The van der Waals surface area contributed by atoms with Gasteiger partial charge in [-0.2, -0.15) is 0 Å². The van der Waals surface area contributed by atoms with Crippen molar-refractivity contribution in [3.8, 4) is 0 Å². The van der Waals surface area contributed by atoms with Crippen molar-refractivity contribution in [3.63, 3.8) is 0 Å². The lowest BCUT2D eigenvalue weighted by Gasteiger charge is -2.23. The molecule has 1 heterocycles. The second kappa shape index (κ2) is 6.80. The fourth-order valence-corrected chi connectivity index (χ4v) is 1.94. The molecule has 1 rings (SSSR count). The van der Waals surface area contributed by atoms with Crippen molar-refractivity contribution in [2.75, 3.05) is 26.2 Å². The number of nitrogens with zero attached hydrogens (tertiary/aromatic N) is 1. The molecule has 1 N–H and O–H groups in total. The van der Waals surface area contributed by atoms with Gasteiger partial charge in [0.05, 0.1) is 12.5 Å². The van der Waals surface area contributed by atoms with Crippen molar-refractivity contribution in [2.24, 2.45) is 0 Å². The van der Waals surface area contributed by atoms with Crippen LogP contribution in [0.5, 0.6) is 0 Å². The van der Waals surface area contributed by atoms with Crippen LogP contribution in [0.1, 0.15) is 32.6 Å². The van der Waals surface area contributed by atoms with Crippen molar-refractivity contribution < 1.29 is 14.6 Å². The highest BCUT2D eigenvalue weighted by Crippen LogP contribution is 2.13. The molecule has 88 valence electrons.